The van der Waals surface area contributed by atoms with Gasteiger partial charge in [0.05, 0.1) is 0 Å². The van der Waals surface area contributed by atoms with Crippen molar-refractivity contribution >= 4 is 5.69 Å². The molecular formula is C16H24N2. The van der Waals surface area contributed by atoms with Gasteiger partial charge in [-0.15, -0.1) is 0 Å². The Morgan fingerprint density at radius 1 is 1.17 bits per heavy atom. The summed E-state index contributed by atoms with van der Waals surface area (Å²) in [4.78, 5) is 2.44. The molecule has 2 heteroatoms. The van der Waals surface area contributed by atoms with E-state index < -0.39 is 0 Å². The van der Waals surface area contributed by atoms with Crippen LogP contribution >= 0.6 is 0 Å². The standard InChI is InChI=1S/C16H24N2/c1-18-9-7-13(8-10-18)12-17-16-6-5-14-3-2-4-15(14)11-16/h5-6,11,13,17H,2-4,7-10,12H2,1H3. The van der Waals surface area contributed by atoms with Crippen molar-refractivity contribution in [2.75, 3.05) is 32.0 Å². The van der Waals surface area contributed by atoms with Crippen LogP contribution in [0.3, 0.4) is 0 Å². The van der Waals surface area contributed by atoms with Crippen molar-refractivity contribution in [3.8, 4) is 0 Å². The van der Waals surface area contributed by atoms with Crippen LogP contribution in [0.1, 0.15) is 30.4 Å². The van der Waals surface area contributed by atoms with E-state index in [0.717, 1.165) is 12.5 Å². The highest BCUT2D eigenvalue weighted by Crippen LogP contribution is 2.25. The maximum Gasteiger partial charge on any atom is 0.0343 e. The summed E-state index contributed by atoms with van der Waals surface area (Å²) in [6.45, 7) is 3.67. The first-order valence-corrected chi connectivity index (χ1v) is 7.35. The predicted molar refractivity (Wildman–Crippen MR) is 77.2 cm³/mol. The van der Waals surface area contributed by atoms with E-state index in [9.17, 15) is 0 Å². The van der Waals surface area contributed by atoms with Gasteiger partial charge in [0.2, 0.25) is 0 Å². The van der Waals surface area contributed by atoms with E-state index in [0.29, 0.717) is 0 Å². The lowest BCUT2D eigenvalue weighted by atomic mass is 9.97. The number of anilines is 1. The molecule has 3 rings (SSSR count). The average molecular weight is 244 g/mol. The van der Waals surface area contributed by atoms with Gasteiger partial charge in [-0.1, -0.05) is 6.07 Å². The Morgan fingerprint density at radius 2 is 1.94 bits per heavy atom. The minimum Gasteiger partial charge on any atom is -0.385 e. The van der Waals surface area contributed by atoms with Crippen LogP contribution in [0.15, 0.2) is 18.2 Å². The zero-order chi connectivity index (χ0) is 12.4. The fourth-order valence-electron chi connectivity index (χ4n) is 3.21. The van der Waals surface area contributed by atoms with E-state index in [1.54, 1.807) is 11.1 Å². The number of rotatable bonds is 3. The van der Waals surface area contributed by atoms with Gasteiger partial charge < -0.3 is 10.2 Å². The SMILES string of the molecule is CN1CCC(CNc2ccc3c(c2)CCC3)CC1. The predicted octanol–water partition coefficient (Wildman–Crippen LogP) is 2.93. The van der Waals surface area contributed by atoms with Crippen LogP contribution in [0.25, 0.3) is 0 Å². The van der Waals surface area contributed by atoms with Gasteiger partial charge in [-0.25, -0.2) is 0 Å². The van der Waals surface area contributed by atoms with E-state index in [2.05, 4.69) is 35.5 Å². The number of fused-ring (bicyclic) bond motifs is 1. The van der Waals surface area contributed by atoms with Crippen LogP contribution in [0.5, 0.6) is 0 Å². The molecule has 1 aliphatic carbocycles. The molecule has 0 unspecified atom stereocenters. The Bertz CT molecular complexity index is 406. The molecule has 1 aromatic carbocycles. The quantitative estimate of drug-likeness (QED) is 0.879. The lowest BCUT2D eigenvalue weighted by Crippen LogP contribution is -2.32. The summed E-state index contributed by atoms with van der Waals surface area (Å²) in [5.74, 6) is 0.856. The third kappa shape index (κ3) is 2.69. The molecular weight excluding hydrogens is 220 g/mol. The molecule has 1 aliphatic heterocycles. The van der Waals surface area contributed by atoms with Crippen molar-refractivity contribution in [1.82, 2.24) is 4.90 Å². The molecule has 1 aromatic rings. The fourth-order valence-corrected chi connectivity index (χ4v) is 3.21. The zero-order valence-electron chi connectivity index (χ0n) is 11.4. The van der Waals surface area contributed by atoms with Crippen molar-refractivity contribution in [2.24, 2.45) is 5.92 Å². The minimum absolute atomic E-state index is 0.856. The van der Waals surface area contributed by atoms with Gasteiger partial charge in [0.1, 0.15) is 0 Å². The molecule has 0 radical (unpaired) electrons. The monoisotopic (exact) mass is 244 g/mol. The number of aryl methyl sites for hydroxylation is 2. The van der Waals surface area contributed by atoms with Crippen LogP contribution in [0, 0.1) is 5.92 Å². The second-order valence-electron chi connectivity index (χ2n) is 5.96. The van der Waals surface area contributed by atoms with Gasteiger partial charge in [0, 0.05) is 12.2 Å². The Balaban J connectivity index is 1.54. The molecule has 0 atom stereocenters. The third-order valence-corrected chi connectivity index (χ3v) is 4.53. The first-order valence-electron chi connectivity index (χ1n) is 7.35. The summed E-state index contributed by atoms with van der Waals surface area (Å²) in [6.07, 6.45) is 6.58. The molecule has 2 nitrogen and oxygen atoms in total. The first kappa shape index (κ1) is 12.0. The van der Waals surface area contributed by atoms with Gasteiger partial charge in [0.15, 0.2) is 0 Å². The highest BCUT2D eigenvalue weighted by Gasteiger charge is 2.16. The van der Waals surface area contributed by atoms with Crippen LogP contribution in [-0.4, -0.2) is 31.6 Å². The topological polar surface area (TPSA) is 15.3 Å². The molecule has 98 valence electrons. The number of hydrogen-bond donors (Lipinski definition) is 1. The van der Waals surface area contributed by atoms with Gasteiger partial charge in [-0.05, 0) is 81.4 Å². The molecule has 1 N–H and O–H groups in total. The Hall–Kier alpha value is -1.02. The molecule has 2 aliphatic rings. The van der Waals surface area contributed by atoms with Crippen LogP contribution in [0.4, 0.5) is 5.69 Å². The van der Waals surface area contributed by atoms with Gasteiger partial charge in [-0.2, -0.15) is 0 Å². The van der Waals surface area contributed by atoms with E-state index in [1.807, 2.05) is 0 Å². The lowest BCUT2D eigenvalue weighted by Gasteiger charge is -2.29. The van der Waals surface area contributed by atoms with E-state index in [-0.39, 0.29) is 0 Å². The summed E-state index contributed by atoms with van der Waals surface area (Å²) < 4.78 is 0. The normalized spacial score (nSPS) is 20.9. The Morgan fingerprint density at radius 3 is 2.78 bits per heavy atom. The average Bonchev–Trinajstić information content (AvgIpc) is 2.85. The molecule has 0 spiro atoms. The van der Waals surface area contributed by atoms with Gasteiger partial charge in [-0.3, -0.25) is 0 Å². The van der Waals surface area contributed by atoms with Crippen molar-refractivity contribution in [3.05, 3.63) is 29.3 Å². The number of likely N-dealkylation sites (tertiary alicyclic amines) is 1. The van der Waals surface area contributed by atoms with Crippen LogP contribution < -0.4 is 5.32 Å². The minimum atomic E-state index is 0.856. The summed E-state index contributed by atoms with van der Waals surface area (Å²) in [6, 6.07) is 6.95. The summed E-state index contributed by atoms with van der Waals surface area (Å²) >= 11 is 0. The number of hydrogen-bond acceptors (Lipinski definition) is 2. The smallest absolute Gasteiger partial charge is 0.0343 e. The molecule has 1 heterocycles. The summed E-state index contributed by atoms with van der Waals surface area (Å²) in [7, 11) is 2.23. The van der Waals surface area contributed by atoms with E-state index >= 15 is 0 Å². The molecule has 1 fully saturated rings. The summed E-state index contributed by atoms with van der Waals surface area (Å²) in [5, 5.41) is 3.64. The molecule has 0 aromatic heterocycles. The first-order chi connectivity index (χ1) is 8.81. The number of nitrogens with zero attached hydrogens (tertiary/aromatic N) is 1. The molecule has 0 saturated carbocycles. The number of piperidine rings is 1. The van der Waals surface area contributed by atoms with Crippen molar-refractivity contribution in [2.45, 2.75) is 32.1 Å². The molecule has 0 bridgehead atoms. The largest absolute Gasteiger partial charge is 0.385 e. The van der Waals surface area contributed by atoms with Crippen molar-refractivity contribution in [1.29, 1.82) is 0 Å². The van der Waals surface area contributed by atoms with E-state index in [1.165, 1.54) is 50.9 Å². The van der Waals surface area contributed by atoms with Crippen molar-refractivity contribution < 1.29 is 0 Å². The second-order valence-corrected chi connectivity index (χ2v) is 5.96. The number of nitrogens with one attached hydrogen (secondary N) is 1. The molecule has 0 amide bonds. The summed E-state index contributed by atoms with van der Waals surface area (Å²) in [5.41, 5.74) is 4.47. The fraction of sp³-hybridized carbons (Fsp3) is 0.625. The van der Waals surface area contributed by atoms with Crippen LogP contribution in [-0.2, 0) is 12.8 Å². The third-order valence-electron chi connectivity index (χ3n) is 4.53. The van der Waals surface area contributed by atoms with Gasteiger partial charge in [0.25, 0.3) is 0 Å². The van der Waals surface area contributed by atoms with E-state index in [4.69, 9.17) is 0 Å². The zero-order valence-corrected chi connectivity index (χ0v) is 11.4. The number of benzene rings is 1. The Labute approximate surface area is 110 Å². The maximum atomic E-state index is 3.64. The highest BCUT2D eigenvalue weighted by atomic mass is 15.1. The lowest BCUT2D eigenvalue weighted by molar-refractivity contribution is 0.226. The molecule has 18 heavy (non-hydrogen) atoms. The molecule has 1 saturated heterocycles. The highest BCUT2D eigenvalue weighted by molar-refractivity contribution is 5.50. The second kappa shape index (κ2) is 5.31. The Kier molecular flexibility index (Phi) is 3.55. The maximum absolute atomic E-state index is 3.64. The van der Waals surface area contributed by atoms with Crippen molar-refractivity contribution in [3.63, 3.8) is 0 Å². The van der Waals surface area contributed by atoms with Gasteiger partial charge >= 0.3 is 0 Å². The van der Waals surface area contributed by atoms with Crippen LogP contribution in [0.2, 0.25) is 0 Å².